The number of rotatable bonds is 49. The molecule has 0 spiro atoms. The van der Waals surface area contributed by atoms with E-state index < -0.39 is 162 Å². The molecule has 4 heterocycles. The highest BCUT2D eigenvalue weighted by Crippen LogP contribution is 2.67. The van der Waals surface area contributed by atoms with Crippen LogP contribution in [0.3, 0.4) is 0 Å². The summed E-state index contributed by atoms with van der Waals surface area (Å²) in [6.45, 7) is 8.83. The van der Waals surface area contributed by atoms with Crippen LogP contribution in [0, 0.1) is 46.3 Å². The number of unbranched alkanes of at least 4 members (excludes halogenated alkanes) is 7. The van der Waals surface area contributed by atoms with Crippen LogP contribution in [0.5, 0.6) is 0 Å². The zero-order valence-electron chi connectivity index (χ0n) is 71.4. The number of aliphatic hydroxyl groups is 7. The predicted molar refractivity (Wildman–Crippen MR) is 442 cm³/mol. The molecule has 8 amide bonds. The number of β-amino-alcohol motifs (C(OH)–C–C–N with tert-alkyl or cyclic N) is 1. The van der Waals surface area contributed by atoms with Gasteiger partial charge in [0.25, 0.3) is 0 Å². The minimum Gasteiger partial charge on any atom is -0.446 e. The van der Waals surface area contributed by atoms with Gasteiger partial charge < -0.3 is 111 Å². The SMILES string of the molecule is CC(=O)NC1C(OCCCCC(=O)NCCCC[C@H](NC(=O)CCCCOC2OC(CO)C(O)C(O)C2NC(C)=O)C(=O)NCCCCCC(=O)N2C[C@H](O)CC2COP(=O)(O)O[C@@H]2CC(COP(=O)(O)S)N(C(=O)CCCCCNC(=O)OC3CC[C@@]4(C)C(=CCC5C6CCC([C@H](C)CCCC(C)C)[C@@]6(C)CCC54)C3)C2)OC(CO)C(O)C1O. The first-order valence-electron chi connectivity index (χ1n) is 44.1. The number of allylic oxidation sites excluding steroid dienone is 1. The Labute approximate surface area is 712 Å². The number of likely N-dealkylation sites (tertiary alicyclic amines) is 2. The Morgan fingerprint density at radius 2 is 1.16 bits per heavy atom. The van der Waals surface area contributed by atoms with Gasteiger partial charge in [-0.05, 0) is 175 Å². The Bertz CT molecular complexity index is 3430. The number of hydrogen-bond donors (Lipinski definition) is 16. The maximum absolute atomic E-state index is 13.8. The average molecular weight is 1770 g/mol. The van der Waals surface area contributed by atoms with Gasteiger partial charge in [-0.3, -0.25) is 47.1 Å². The van der Waals surface area contributed by atoms with Crippen molar-refractivity contribution in [3.63, 3.8) is 0 Å². The van der Waals surface area contributed by atoms with Crippen LogP contribution in [0.4, 0.5) is 4.79 Å². The van der Waals surface area contributed by atoms with Crippen LogP contribution in [0.15, 0.2) is 11.6 Å². The van der Waals surface area contributed by atoms with Gasteiger partial charge in [0, 0.05) is 91.9 Å². The fraction of sp³-hybridized carbons (Fsp3) is 0.878. The van der Waals surface area contributed by atoms with Gasteiger partial charge in [0.2, 0.25) is 41.4 Å². The molecule has 4 saturated heterocycles. The molecule has 3 saturated carbocycles. The van der Waals surface area contributed by atoms with Crippen molar-refractivity contribution in [1.29, 1.82) is 0 Å². The molecule has 0 aromatic carbocycles. The number of alkyl carbamates (subject to hydrolysis) is 1. The van der Waals surface area contributed by atoms with E-state index in [1.165, 1.54) is 74.2 Å². The molecular formula is C82H142N8O27P2S. The van der Waals surface area contributed by atoms with E-state index in [9.17, 15) is 93.0 Å². The maximum atomic E-state index is 13.8. The topological polar surface area (TPSA) is 505 Å². The highest BCUT2D eigenvalue weighted by Gasteiger charge is 2.60. The zero-order chi connectivity index (χ0) is 87.7. The van der Waals surface area contributed by atoms with Crippen LogP contribution in [-0.4, -0.2) is 273 Å². The predicted octanol–water partition coefficient (Wildman–Crippen LogP) is 5.50. The number of aliphatic hydroxyl groups excluding tert-OH is 7. The summed E-state index contributed by atoms with van der Waals surface area (Å²) in [4.78, 5) is 128. The molecule has 0 aromatic heterocycles. The van der Waals surface area contributed by atoms with Crippen LogP contribution in [-0.2, 0) is 79.9 Å². The van der Waals surface area contributed by atoms with Crippen molar-refractivity contribution in [3.8, 4) is 0 Å². The van der Waals surface area contributed by atoms with E-state index in [1.807, 2.05) is 0 Å². The summed E-state index contributed by atoms with van der Waals surface area (Å²) in [5.41, 5.74) is 2.00. The smallest absolute Gasteiger partial charge is 0.446 e. The Morgan fingerprint density at radius 3 is 1.75 bits per heavy atom. The van der Waals surface area contributed by atoms with Crippen molar-refractivity contribution in [2.75, 3.05) is 72.4 Å². The second-order valence-corrected chi connectivity index (χ2v) is 39.9. The molecular weight excluding hydrogens is 1620 g/mol. The van der Waals surface area contributed by atoms with E-state index >= 15 is 0 Å². The first-order valence-corrected chi connectivity index (χ1v) is 48.3. The Hall–Kier alpha value is -4.53. The largest absolute Gasteiger partial charge is 0.472 e. The number of phosphoric ester groups is 1. The summed E-state index contributed by atoms with van der Waals surface area (Å²) in [5.74, 6) is 1.53. The van der Waals surface area contributed by atoms with E-state index in [0.29, 0.717) is 94.4 Å². The van der Waals surface area contributed by atoms with E-state index in [4.69, 9.17) is 37.3 Å². The standard InChI is InChI=1S/C82H142N8O27P2S/c1-50(2)21-20-22-51(3)61-30-31-62-60-29-28-54-41-58(32-34-81(54,6)63(60)33-35-82(61,62)7)114-80(105)85-38-16-9-11-27-70(99)90-45-59(43-56(90)49-113-119(108,109)120)117-118(106,107)112-48-55-42-57(95)44-89(55)69(98)26-10-8-15-37-84-77(104)64(88-68(97)25-14-19-40-111-79-72(87-53(5)94)76(103)74(101)66(47-92)116-79)23-12-17-36-83-67(96)24-13-18-39-110-78-71(86-52(4)93)75(102)73(100)65(46-91)115-78/h28,50-51,55-66,71-76,78-79,91-92,95,100-103H,8-27,29-49H2,1-7H3,(H,83,96)(H,84,104)(H,85,105)(H,86,93)(H,87,94)(H,88,97)(H,106,107)(H2,108,109,120)/t51-,55?,56?,57-,58?,59-,60?,61?,62?,63?,64+,65?,66?,71?,72?,73?,74?,75?,76?,78?,79?,81+,82-/m1/s1. The number of carbonyl (C=O) groups excluding carboxylic acids is 8. The number of amides is 8. The van der Waals surface area contributed by atoms with Crippen LogP contribution in [0.25, 0.3) is 0 Å². The molecule has 120 heavy (non-hydrogen) atoms. The fourth-order valence-electron chi connectivity index (χ4n) is 20.0. The normalized spacial score (nSPS) is 32.5. The van der Waals surface area contributed by atoms with Gasteiger partial charge in [-0.15, -0.1) is 0 Å². The average Bonchev–Trinajstić information content (AvgIpc) is 1.42. The molecule has 4 aliphatic heterocycles. The Balaban J connectivity index is 0.724. The van der Waals surface area contributed by atoms with Gasteiger partial charge in [-0.1, -0.05) is 90.6 Å². The first-order chi connectivity index (χ1) is 56.9. The lowest BCUT2D eigenvalue weighted by molar-refractivity contribution is -0.270. The summed E-state index contributed by atoms with van der Waals surface area (Å²) < 4.78 is 70.6. The highest BCUT2D eigenvalue weighted by atomic mass is 32.7. The quantitative estimate of drug-likeness (QED) is 0.0155. The number of nitrogens with zero attached hydrogens (tertiary/aromatic N) is 2. The second-order valence-electron chi connectivity index (χ2n) is 35.7. The Kier molecular flexibility index (Phi) is 40.7. The molecule has 688 valence electrons. The summed E-state index contributed by atoms with van der Waals surface area (Å²) in [6, 6.07) is -4.90. The zero-order valence-corrected chi connectivity index (χ0v) is 74.1. The van der Waals surface area contributed by atoms with Crippen LogP contribution in [0.2, 0.25) is 0 Å². The van der Waals surface area contributed by atoms with Crippen LogP contribution in [0.1, 0.15) is 241 Å². The Morgan fingerprint density at radius 1 is 0.600 bits per heavy atom. The third-order valence-corrected chi connectivity index (χ3v) is 28.2. The molecule has 7 fully saturated rings. The second kappa shape index (κ2) is 48.4. The number of carbonyl (C=O) groups is 8. The molecule has 38 heteroatoms. The van der Waals surface area contributed by atoms with Crippen molar-refractivity contribution in [1.82, 2.24) is 41.7 Å². The van der Waals surface area contributed by atoms with E-state index in [-0.39, 0.29) is 120 Å². The van der Waals surface area contributed by atoms with Crippen LogP contribution < -0.4 is 31.9 Å². The van der Waals surface area contributed by atoms with Gasteiger partial charge in [0.1, 0.15) is 60.9 Å². The van der Waals surface area contributed by atoms with Crippen molar-refractivity contribution >= 4 is 74.3 Å². The lowest BCUT2D eigenvalue weighted by Gasteiger charge is -2.58. The summed E-state index contributed by atoms with van der Waals surface area (Å²) >= 11 is 3.62. The van der Waals surface area contributed by atoms with E-state index in [2.05, 4.69) is 84.8 Å². The number of ether oxygens (including phenoxy) is 5. The molecule has 0 radical (unpaired) electrons. The number of hydrogen-bond acceptors (Lipinski definition) is 25. The molecule has 0 bridgehead atoms. The van der Waals surface area contributed by atoms with Crippen molar-refractivity contribution < 1.29 is 130 Å². The number of phosphoric acid groups is 1. The minimum atomic E-state index is -4.90. The lowest BCUT2D eigenvalue weighted by atomic mass is 9.47. The van der Waals surface area contributed by atoms with Gasteiger partial charge in [0.05, 0.1) is 50.7 Å². The number of fused-ring (bicyclic) bond motifs is 5. The van der Waals surface area contributed by atoms with Gasteiger partial charge >= 0.3 is 20.7 Å². The van der Waals surface area contributed by atoms with Crippen LogP contribution >= 0.6 is 26.9 Å². The molecule has 4 aliphatic carbocycles. The number of nitrogens with one attached hydrogen (secondary N) is 6. The summed E-state index contributed by atoms with van der Waals surface area (Å²) in [6.07, 6.45) is 7.40. The molecule has 15 N–H and O–H groups in total. The molecule has 0 aromatic rings. The third kappa shape index (κ3) is 30.1. The number of thiol groups is 1. The van der Waals surface area contributed by atoms with Crippen molar-refractivity contribution in [3.05, 3.63) is 11.6 Å². The van der Waals surface area contributed by atoms with E-state index in [0.717, 1.165) is 49.4 Å². The maximum Gasteiger partial charge on any atom is 0.472 e. The molecule has 8 aliphatic rings. The molecule has 35 nitrogen and oxygen atoms in total. The lowest BCUT2D eigenvalue weighted by Crippen LogP contribution is -2.64. The first kappa shape index (κ1) is 101. The van der Waals surface area contributed by atoms with E-state index in [1.54, 1.807) is 0 Å². The monoisotopic (exact) mass is 1760 g/mol. The summed E-state index contributed by atoms with van der Waals surface area (Å²) in [7, 11) is -4.90. The molecule has 8 rings (SSSR count). The highest BCUT2D eigenvalue weighted by molar-refractivity contribution is 8.44. The fourth-order valence-corrected chi connectivity index (χ4v) is 21.5. The van der Waals surface area contributed by atoms with Gasteiger partial charge in [0.15, 0.2) is 12.6 Å². The minimum absolute atomic E-state index is 0.00698. The summed E-state index contributed by atoms with van der Waals surface area (Å²) in [5, 5.41) is 88.2. The molecule has 19 unspecified atom stereocenters. The van der Waals surface area contributed by atoms with Gasteiger partial charge in [-0.2, -0.15) is 0 Å². The third-order valence-electron chi connectivity index (χ3n) is 26.3. The van der Waals surface area contributed by atoms with Crippen molar-refractivity contribution in [2.24, 2.45) is 46.3 Å². The molecule has 25 atom stereocenters. The van der Waals surface area contributed by atoms with Gasteiger partial charge in [-0.25, -0.2) is 13.9 Å². The van der Waals surface area contributed by atoms with Crippen molar-refractivity contribution in [2.45, 2.75) is 339 Å².